The van der Waals surface area contributed by atoms with E-state index in [1.54, 1.807) is 6.07 Å². The molecule has 2 saturated heterocycles. The Morgan fingerprint density at radius 3 is 2.87 bits per heavy atom. The molecule has 2 fully saturated rings. The number of rotatable bonds is 9. The second-order valence-electron chi connectivity index (χ2n) is 10.7. The normalized spacial score (nSPS) is 19.4. The number of anilines is 2. The number of aryl methyl sites for hydroxylation is 2. The third kappa shape index (κ3) is 5.10. The molecule has 0 radical (unpaired) electrons. The molecule has 0 saturated carbocycles. The Balaban J connectivity index is 1.25. The van der Waals surface area contributed by atoms with Gasteiger partial charge in [0.2, 0.25) is 11.9 Å². The molecule has 0 bridgehead atoms. The van der Waals surface area contributed by atoms with E-state index in [9.17, 15) is 12.5 Å². The smallest absolute Gasteiger partial charge is 0.257 e. The van der Waals surface area contributed by atoms with Gasteiger partial charge in [-0.15, -0.1) is 13.1 Å². The second-order valence-corrected chi connectivity index (χ2v) is 12.6. The molecule has 208 valence electrons. The molecule has 1 spiro atoms. The highest BCUT2D eigenvalue weighted by Gasteiger charge is 2.50. The molecule has 4 heterocycles. The van der Waals surface area contributed by atoms with Gasteiger partial charge in [-0.3, -0.25) is 0 Å². The summed E-state index contributed by atoms with van der Waals surface area (Å²) in [6, 6.07) is 5.27. The molecular formula is C26H31F2N7O2S2. The Bertz CT molecular complexity index is 1410. The maximum atomic E-state index is 14.1. The first-order chi connectivity index (χ1) is 18.9. The number of benzene rings is 1. The number of aliphatic hydroxyl groups is 1. The van der Waals surface area contributed by atoms with Crippen LogP contribution in [0.3, 0.4) is 0 Å². The number of fused-ring (bicyclic) bond motifs is 1. The summed E-state index contributed by atoms with van der Waals surface area (Å²) in [4.78, 5) is 10.5. The zero-order chi connectivity index (χ0) is 27.1. The molecule has 13 heteroatoms. The number of nitrogens with zero attached hydrogens (tertiary/aromatic N) is 6. The summed E-state index contributed by atoms with van der Waals surface area (Å²) in [6.45, 7) is 6.25. The summed E-state index contributed by atoms with van der Waals surface area (Å²) in [5, 5.41) is 16.7. The van der Waals surface area contributed by atoms with E-state index in [1.165, 1.54) is 17.8 Å². The quantitative estimate of drug-likeness (QED) is 0.372. The average molecular weight is 576 g/mol. The van der Waals surface area contributed by atoms with E-state index in [0.29, 0.717) is 18.7 Å². The van der Waals surface area contributed by atoms with Crippen LogP contribution in [-0.2, 0) is 23.8 Å². The van der Waals surface area contributed by atoms with Crippen LogP contribution in [0.1, 0.15) is 36.0 Å². The number of hydrogen-bond donors (Lipinski definition) is 2. The number of nitrogens with one attached hydrogen (secondary N) is 1. The molecule has 39 heavy (non-hydrogen) atoms. The van der Waals surface area contributed by atoms with Crippen molar-refractivity contribution in [1.82, 2.24) is 28.4 Å². The topological polar surface area (TPSA) is 99.4 Å². The van der Waals surface area contributed by atoms with Gasteiger partial charge in [-0.1, -0.05) is 6.07 Å². The van der Waals surface area contributed by atoms with Crippen molar-refractivity contribution in [2.75, 3.05) is 44.6 Å². The zero-order valence-corrected chi connectivity index (χ0v) is 23.3. The van der Waals surface area contributed by atoms with Crippen molar-refractivity contribution in [2.24, 2.45) is 5.41 Å². The summed E-state index contributed by atoms with van der Waals surface area (Å²) in [5.41, 5.74) is 5.55. The molecule has 1 aromatic carbocycles. The van der Waals surface area contributed by atoms with Crippen LogP contribution in [0.5, 0.6) is 0 Å². The second kappa shape index (κ2) is 10.8. The van der Waals surface area contributed by atoms with Gasteiger partial charge >= 0.3 is 0 Å². The molecule has 1 unspecified atom stereocenters. The summed E-state index contributed by atoms with van der Waals surface area (Å²) >= 11 is -0.111. The van der Waals surface area contributed by atoms with Gasteiger partial charge in [-0.05, 0) is 73.9 Å². The standard InChI is InChI=1S/C26H31F2N7O2S2/c1-17-12-18-4-2-5-20(18)23(22(17)19-6-8-29-21(27)13-19)30-24-31-25(32-35(24)38-28)39(37)34-15-26(16-34)7-10-33(14-26)9-3-11-36/h6,8,12-13,36H,2-5,7,9-11,14-16H2,1H3,(H,30,31,32). The zero-order valence-electron chi connectivity index (χ0n) is 21.7. The van der Waals surface area contributed by atoms with Gasteiger partial charge in [0.1, 0.15) is 0 Å². The van der Waals surface area contributed by atoms with Crippen LogP contribution < -0.4 is 5.32 Å². The minimum Gasteiger partial charge on any atom is -0.396 e. The van der Waals surface area contributed by atoms with Crippen molar-refractivity contribution in [2.45, 2.75) is 44.2 Å². The van der Waals surface area contributed by atoms with Crippen LogP contribution in [-0.4, -0.2) is 77.0 Å². The van der Waals surface area contributed by atoms with E-state index in [1.807, 2.05) is 11.2 Å². The highest BCUT2D eigenvalue weighted by atomic mass is 32.2. The summed E-state index contributed by atoms with van der Waals surface area (Å²) in [7, 11) is -1.62. The van der Waals surface area contributed by atoms with Gasteiger partial charge in [0.05, 0.1) is 5.69 Å². The molecule has 2 aromatic heterocycles. The van der Waals surface area contributed by atoms with Crippen molar-refractivity contribution in [1.29, 1.82) is 0 Å². The van der Waals surface area contributed by atoms with Gasteiger partial charge in [0.25, 0.3) is 5.16 Å². The van der Waals surface area contributed by atoms with E-state index in [-0.39, 0.29) is 35.5 Å². The molecule has 9 nitrogen and oxygen atoms in total. The summed E-state index contributed by atoms with van der Waals surface area (Å²) < 4.78 is 44.3. The van der Waals surface area contributed by atoms with Crippen molar-refractivity contribution < 1.29 is 17.6 Å². The lowest BCUT2D eigenvalue weighted by atomic mass is 9.81. The van der Waals surface area contributed by atoms with E-state index < -0.39 is 16.9 Å². The van der Waals surface area contributed by atoms with E-state index in [0.717, 1.165) is 78.2 Å². The Labute approximate surface area is 233 Å². The van der Waals surface area contributed by atoms with Crippen molar-refractivity contribution in [3.05, 3.63) is 47.0 Å². The molecule has 6 rings (SSSR count). The summed E-state index contributed by atoms with van der Waals surface area (Å²) in [5.74, 6) is -0.447. The van der Waals surface area contributed by atoms with E-state index >= 15 is 0 Å². The Morgan fingerprint density at radius 2 is 2.10 bits per heavy atom. The third-order valence-electron chi connectivity index (χ3n) is 8.04. The largest absolute Gasteiger partial charge is 0.396 e. The number of pyridine rings is 1. The Kier molecular flexibility index (Phi) is 7.44. The fourth-order valence-corrected chi connectivity index (χ4v) is 7.90. The van der Waals surface area contributed by atoms with Crippen molar-refractivity contribution in [3.8, 4) is 11.1 Å². The Morgan fingerprint density at radius 1 is 1.26 bits per heavy atom. The number of halogens is 2. The summed E-state index contributed by atoms with van der Waals surface area (Å²) in [6.07, 6.45) is 5.97. The van der Waals surface area contributed by atoms with E-state index in [2.05, 4.69) is 31.3 Å². The molecular weight excluding hydrogens is 544 g/mol. The number of aromatic nitrogens is 4. The van der Waals surface area contributed by atoms with Gasteiger partial charge < -0.3 is 15.3 Å². The van der Waals surface area contributed by atoms with Gasteiger partial charge in [0, 0.05) is 56.0 Å². The molecule has 1 atom stereocenters. The molecule has 2 aliphatic heterocycles. The lowest BCUT2D eigenvalue weighted by Crippen LogP contribution is -2.57. The van der Waals surface area contributed by atoms with Gasteiger partial charge in [0.15, 0.2) is 23.3 Å². The van der Waals surface area contributed by atoms with Crippen molar-refractivity contribution >= 4 is 35.0 Å². The predicted molar refractivity (Wildman–Crippen MR) is 147 cm³/mol. The average Bonchev–Trinajstić information content (AvgIpc) is 3.64. The van der Waals surface area contributed by atoms with Crippen LogP contribution in [0, 0.1) is 18.3 Å². The first-order valence-corrected chi connectivity index (χ1v) is 15.0. The number of likely N-dealkylation sites (tertiary alicyclic amines) is 1. The molecule has 3 aromatic rings. The van der Waals surface area contributed by atoms with Gasteiger partial charge in [-0.25, -0.2) is 13.5 Å². The van der Waals surface area contributed by atoms with Crippen LogP contribution in [0.4, 0.5) is 19.9 Å². The number of hydrogen-bond acceptors (Lipinski definition) is 8. The van der Waals surface area contributed by atoms with Crippen LogP contribution in [0.15, 0.2) is 29.6 Å². The minimum absolute atomic E-state index is 0.0495. The van der Waals surface area contributed by atoms with Crippen LogP contribution in [0.25, 0.3) is 11.1 Å². The van der Waals surface area contributed by atoms with Gasteiger partial charge in [-0.2, -0.15) is 9.37 Å². The lowest BCUT2D eigenvalue weighted by molar-refractivity contribution is 0.0815. The monoisotopic (exact) mass is 575 g/mol. The SMILES string of the molecule is Cc1cc2c(c(Nc3nc(S(=O)N4CC5(CCN(CCCO)C5)C4)nn3SF)c1-c1ccnc(F)c1)CCC2. The highest BCUT2D eigenvalue weighted by molar-refractivity contribution is 7.92. The maximum Gasteiger partial charge on any atom is 0.257 e. The lowest BCUT2D eigenvalue weighted by Gasteiger charge is -2.46. The first kappa shape index (κ1) is 26.8. The molecule has 2 N–H and O–H groups in total. The number of aliphatic hydroxyl groups excluding tert-OH is 1. The molecule has 0 amide bonds. The van der Waals surface area contributed by atoms with Crippen LogP contribution >= 0.6 is 12.3 Å². The predicted octanol–water partition coefficient (Wildman–Crippen LogP) is 3.81. The van der Waals surface area contributed by atoms with Crippen molar-refractivity contribution in [3.63, 3.8) is 0 Å². The molecule has 3 aliphatic rings. The maximum absolute atomic E-state index is 14.1. The third-order valence-corrected chi connectivity index (χ3v) is 9.64. The minimum atomic E-state index is -1.62. The van der Waals surface area contributed by atoms with E-state index in [4.69, 9.17) is 5.11 Å². The molecule has 1 aliphatic carbocycles. The Hall–Kier alpha value is -2.45. The first-order valence-electron chi connectivity index (χ1n) is 13.2. The fourth-order valence-electron chi connectivity index (χ4n) is 6.26. The van der Waals surface area contributed by atoms with Crippen LogP contribution in [0.2, 0.25) is 0 Å². The fraction of sp³-hybridized carbons (Fsp3) is 0.500. The highest BCUT2D eigenvalue weighted by Crippen LogP contribution is 2.43.